The minimum absolute atomic E-state index is 0.0440. The summed E-state index contributed by atoms with van der Waals surface area (Å²) in [5.74, 6) is -0.322. The van der Waals surface area contributed by atoms with Crippen LogP contribution in [-0.2, 0) is 36.1 Å². The molecule has 0 aliphatic carbocycles. The molecule has 2 aliphatic heterocycles. The molecule has 3 heterocycles. The maximum atomic E-state index is 14.1. The lowest BCUT2D eigenvalue weighted by molar-refractivity contribution is -0.707. The number of amides is 4. The molecule has 0 radical (unpaired) electrons. The third kappa shape index (κ3) is 5.12. The number of aromatic amines is 1. The van der Waals surface area contributed by atoms with Crippen LogP contribution in [0.2, 0.25) is 0 Å². The number of hydrazine groups is 1. The highest BCUT2D eigenvalue weighted by molar-refractivity contribution is 5.92. The molecule has 216 valence electrons. The van der Waals surface area contributed by atoms with Gasteiger partial charge in [0.2, 0.25) is 17.3 Å². The van der Waals surface area contributed by atoms with Crippen molar-refractivity contribution in [1.82, 2.24) is 35.4 Å². The summed E-state index contributed by atoms with van der Waals surface area (Å²) in [5, 5.41) is 23.3. The number of carbonyl (C=O) groups is 3. The summed E-state index contributed by atoms with van der Waals surface area (Å²) >= 11 is 0. The fourth-order valence-electron chi connectivity index (χ4n) is 5.85. The van der Waals surface area contributed by atoms with E-state index < -0.39 is 12.2 Å². The van der Waals surface area contributed by atoms with E-state index >= 15 is 0 Å². The Hall–Kier alpha value is -4.97. The zero-order valence-corrected chi connectivity index (χ0v) is 23.5. The van der Waals surface area contributed by atoms with Gasteiger partial charge in [0.15, 0.2) is 0 Å². The standard InChI is InChI=1S/C30H32N8O4/c1-34-19-27(40)37-25(15-20-11-13-23(39)14-12-20)29(41)36(17-22-9-6-10-24-28(22)32-33-35(24)2)18-26(37)38(34)30(42)31-16-21-7-4-3-5-8-21/h3-14,25-26H,15-19H2,1-2H3,(H2,31,39,42)/p+1/t25-,26-/m0/s1. The van der Waals surface area contributed by atoms with Crippen LogP contribution in [0.5, 0.6) is 5.75 Å². The maximum Gasteiger partial charge on any atom is 0.334 e. The largest absolute Gasteiger partial charge is 0.508 e. The second kappa shape index (κ2) is 11.1. The zero-order chi connectivity index (χ0) is 29.4. The van der Waals surface area contributed by atoms with Gasteiger partial charge in [-0.3, -0.25) is 9.59 Å². The third-order valence-corrected chi connectivity index (χ3v) is 7.93. The van der Waals surface area contributed by atoms with Crippen LogP contribution in [0.4, 0.5) is 4.79 Å². The molecule has 2 aliphatic rings. The first-order valence-electron chi connectivity index (χ1n) is 13.8. The quantitative estimate of drug-likeness (QED) is 0.300. The third-order valence-electron chi connectivity index (χ3n) is 7.93. The van der Waals surface area contributed by atoms with Gasteiger partial charge in [0.25, 0.3) is 5.52 Å². The molecule has 3 N–H and O–H groups in total. The molecule has 42 heavy (non-hydrogen) atoms. The number of phenolic OH excluding ortho intramolecular Hbond substituents is 1. The molecule has 1 aromatic heterocycles. The number of H-pyrrole nitrogens is 1. The van der Waals surface area contributed by atoms with Gasteiger partial charge >= 0.3 is 6.03 Å². The predicted octanol–water partition coefficient (Wildman–Crippen LogP) is 1.27. The number of urea groups is 1. The van der Waals surface area contributed by atoms with E-state index in [9.17, 15) is 19.5 Å². The van der Waals surface area contributed by atoms with Crippen molar-refractivity contribution in [3.63, 3.8) is 0 Å². The highest BCUT2D eigenvalue weighted by Gasteiger charge is 2.50. The van der Waals surface area contributed by atoms with Gasteiger partial charge in [0.05, 0.1) is 19.6 Å². The van der Waals surface area contributed by atoms with Crippen LogP contribution in [-0.4, -0.2) is 85.4 Å². The van der Waals surface area contributed by atoms with Crippen LogP contribution in [0.3, 0.4) is 0 Å². The summed E-state index contributed by atoms with van der Waals surface area (Å²) in [4.78, 5) is 44.6. The first-order chi connectivity index (χ1) is 20.3. The first-order valence-corrected chi connectivity index (χ1v) is 13.8. The molecular formula is C30H33N8O4+. The van der Waals surface area contributed by atoms with Gasteiger partial charge in [-0.2, -0.15) is 4.68 Å². The zero-order valence-electron chi connectivity index (χ0n) is 23.5. The topological polar surface area (TPSA) is 129 Å². The molecule has 2 saturated heterocycles. The summed E-state index contributed by atoms with van der Waals surface area (Å²) in [6.07, 6.45) is -0.482. The van der Waals surface area contributed by atoms with E-state index in [1.807, 2.05) is 55.6 Å². The van der Waals surface area contributed by atoms with Gasteiger partial charge in [-0.1, -0.05) is 59.8 Å². The van der Waals surface area contributed by atoms with Gasteiger partial charge < -0.3 is 20.2 Å². The molecule has 12 nitrogen and oxygen atoms in total. The lowest BCUT2D eigenvalue weighted by atomic mass is 9.98. The minimum Gasteiger partial charge on any atom is -0.508 e. The van der Waals surface area contributed by atoms with Gasteiger partial charge in [0.1, 0.15) is 25.0 Å². The van der Waals surface area contributed by atoms with Crippen LogP contribution < -0.4 is 10.00 Å². The Morgan fingerprint density at radius 2 is 1.81 bits per heavy atom. The van der Waals surface area contributed by atoms with Gasteiger partial charge in [-0.25, -0.2) is 14.8 Å². The molecule has 4 amide bonds. The average molecular weight is 570 g/mol. The summed E-state index contributed by atoms with van der Waals surface area (Å²) in [5.41, 5.74) is 4.24. The smallest absolute Gasteiger partial charge is 0.334 e. The number of benzene rings is 3. The fourth-order valence-corrected chi connectivity index (χ4v) is 5.85. The van der Waals surface area contributed by atoms with E-state index in [1.54, 1.807) is 55.8 Å². The second-order valence-corrected chi connectivity index (χ2v) is 10.7. The number of carbonyl (C=O) groups excluding carboxylic acids is 3. The number of para-hydroxylation sites is 1. The van der Waals surface area contributed by atoms with Gasteiger partial charge in [-0.15, -0.1) is 0 Å². The molecule has 0 spiro atoms. The molecular weight excluding hydrogens is 536 g/mol. The van der Waals surface area contributed by atoms with Gasteiger partial charge in [0, 0.05) is 30.7 Å². The Bertz CT molecular complexity index is 1620. The highest BCUT2D eigenvalue weighted by atomic mass is 16.3. The number of piperazine rings is 1. The summed E-state index contributed by atoms with van der Waals surface area (Å²) in [6.45, 7) is 0.668. The van der Waals surface area contributed by atoms with Crippen LogP contribution in [0.1, 0.15) is 16.7 Å². The van der Waals surface area contributed by atoms with Crippen molar-refractivity contribution in [2.75, 3.05) is 20.1 Å². The van der Waals surface area contributed by atoms with Crippen molar-refractivity contribution in [1.29, 1.82) is 0 Å². The van der Waals surface area contributed by atoms with E-state index in [2.05, 4.69) is 15.6 Å². The number of aryl methyl sites for hydroxylation is 1. The Balaban J connectivity index is 1.34. The number of aromatic nitrogens is 3. The SMILES string of the molecule is CN1CC(=O)N2[C@@H](Cc3ccc(O)cc3)C(=O)N(Cc3cccc4c3n[nH][n+]4C)C[C@@H]2N1C(=O)NCc1ccccc1. The van der Waals surface area contributed by atoms with E-state index in [4.69, 9.17) is 0 Å². The minimum atomic E-state index is -0.839. The highest BCUT2D eigenvalue weighted by Crippen LogP contribution is 2.29. The molecule has 0 unspecified atom stereocenters. The van der Waals surface area contributed by atoms with E-state index in [0.717, 1.165) is 27.7 Å². The number of likely N-dealkylation sites (N-methyl/N-ethyl adjacent to an activating group) is 1. The number of nitrogens with zero attached hydrogens (tertiary/aromatic N) is 6. The Morgan fingerprint density at radius 1 is 1.05 bits per heavy atom. The molecule has 4 aromatic rings. The molecule has 2 atom stereocenters. The fraction of sp³-hybridized carbons (Fsp3) is 0.300. The Morgan fingerprint density at radius 3 is 2.57 bits per heavy atom. The van der Waals surface area contributed by atoms with Crippen molar-refractivity contribution in [2.45, 2.75) is 31.7 Å². The van der Waals surface area contributed by atoms with Crippen molar-refractivity contribution in [3.8, 4) is 5.75 Å². The number of aromatic hydroxyl groups is 1. The van der Waals surface area contributed by atoms with Crippen molar-refractivity contribution >= 4 is 28.9 Å². The predicted molar refractivity (Wildman–Crippen MR) is 152 cm³/mol. The van der Waals surface area contributed by atoms with E-state index in [-0.39, 0.29) is 49.7 Å². The van der Waals surface area contributed by atoms with Crippen LogP contribution in [0, 0.1) is 0 Å². The van der Waals surface area contributed by atoms with E-state index in [1.165, 1.54) is 0 Å². The van der Waals surface area contributed by atoms with Crippen LogP contribution >= 0.6 is 0 Å². The Kier molecular flexibility index (Phi) is 7.21. The molecule has 0 saturated carbocycles. The number of rotatable bonds is 6. The summed E-state index contributed by atoms with van der Waals surface area (Å²) < 4.78 is 1.81. The van der Waals surface area contributed by atoms with E-state index in [0.29, 0.717) is 6.54 Å². The number of hydrogen-bond acceptors (Lipinski definition) is 6. The normalized spacial score (nSPS) is 19.3. The lowest BCUT2D eigenvalue weighted by Gasteiger charge is -2.54. The second-order valence-electron chi connectivity index (χ2n) is 10.7. The van der Waals surface area contributed by atoms with Gasteiger partial charge in [-0.05, 0) is 29.3 Å². The Labute approximate surface area is 242 Å². The molecule has 0 bridgehead atoms. The maximum absolute atomic E-state index is 14.1. The average Bonchev–Trinajstić information content (AvgIpc) is 3.37. The van der Waals surface area contributed by atoms with Crippen LogP contribution in [0.25, 0.3) is 11.0 Å². The molecule has 6 rings (SSSR count). The number of hydrogen-bond donors (Lipinski definition) is 3. The number of phenols is 1. The number of nitrogens with one attached hydrogen (secondary N) is 2. The van der Waals surface area contributed by atoms with Crippen molar-refractivity contribution in [3.05, 3.63) is 89.5 Å². The van der Waals surface area contributed by atoms with Crippen LogP contribution in [0.15, 0.2) is 72.8 Å². The first kappa shape index (κ1) is 27.2. The molecule has 2 fully saturated rings. The lowest BCUT2D eigenvalue weighted by Crippen LogP contribution is -2.76. The van der Waals surface area contributed by atoms with Crippen molar-refractivity contribution < 1.29 is 24.2 Å². The summed E-state index contributed by atoms with van der Waals surface area (Å²) in [6, 6.07) is 20.8. The number of fused-ring (bicyclic) bond motifs is 2. The molecule has 12 heteroatoms. The molecule has 3 aromatic carbocycles. The van der Waals surface area contributed by atoms with Crippen molar-refractivity contribution in [2.24, 2.45) is 7.05 Å². The summed E-state index contributed by atoms with van der Waals surface area (Å²) in [7, 11) is 3.57. The monoisotopic (exact) mass is 569 g/mol.